The standard InChI is InChI=1S/C33H45N5O9/c1-32(2,3)46-23(41)17-20(37-31(45)47-33(4,5)6)30(44)36-14-13-34-18-9-11-21(39)26-24(18)28(42)27-22(40)12-10-19(25(27)29(26)43)35-15-16-38(7)8/h9-12,20,34-35,39-40H,13-17H2,1-8H3,(H,36,44)(H,37,45). The van der Waals surface area contributed by atoms with Gasteiger partial charge in [0.05, 0.1) is 28.7 Å². The van der Waals surface area contributed by atoms with Gasteiger partial charge in [0.15, 0.2) is 0 Å². The lowest BCUT2D eigenvalue weighted by atomic mass is 9.81. The van der Waals surface area contributed by atoms with Crippen molar-refractivity contribution in [1.29, 1.82) is 0 Å². The van der Waals surface area contributed by atoms with Crippen LogP contribution in [-0.2, 0) is 19.1 Å². The zero-order chi connectivity index (χ0) is 35.3. The Morgan fingerprint density at radius 3 is 1.70 bits per heavy atom. The first-order chi connectivity index (χ1) is 21.8. The van der Waals surface area contributed by atoms with E-state index in [4.69, 9.17) is 9.47 Å². The number of phenolic OH excluding ortho intramolecular Hbond substituents is 2. The number of nitrogens with one attached hydrogen (secondary N) is 4. The molecule has 0 saturated carbocycles. The van der Waals surface area contributed by atoms with Crippen molar-refractivity contribution in [3.63, 3.8) is 0 Å². The predicted molar refractivity (Wildman–Crippen MR) is 175 cm³/mol. The smallest absolute Gasteiger partial charge is 0.408 e. The lowest BCUT2D eigenvalue weighted by molar-refractivity contribution is -0.156. The van der Waals surface area contributed by atoms with Crippen LogP contribution in [0, 0.1) is 0 Å². The molecule has 47 heavy (non-hydrogen) atoms. The Morgan fingerprint density at radius 1 is 0.745 bits per heavy atom. The van der Waals surface area contributed by atoms with Crippen LogP contribution in [0.1, 0.15) is 79.8 Å². The summed E-state index contributed by atoms with van der Waals surface area (Å²) in [6, 6.07) is 4.23. The highest BCUT2D eigenvalue weighted by Crippen LogP contribution is 2.42. The Hall–Kier alpha value is -4.85. The average Bonchev–Trinajstić information content (AvgIpc) is 2.92. The number of hydrogen-bond donors (Lipinski definition) is 6. The minimum Gasteiger partial charge on any atom is -0.507 e. The van der Waals surface area contributed by atoms with E-state index in [0.29, 0.717) is 18.8 Å². The number of alkyl carbamates (subject to hydrolysis) is 1. The van der Waals surface area contributed by atoms with Gasteiger partial charge in [0.25, 0.3) is 0 Å². The monoisotopic (exact) mass is 655 g/mol. The maximum absolute atomic E-state index is 13.8. The summed E-state index contributed by atoms with van der Waals surface area (Å²) in [5.74, 6) is -3.46. The third-order valence-electron chi connectivity index (χ3n) is 6.69. The van der Waals surface area contributed by atoms with Crippen LogP contribution >= 0.6 is 0 Å². The van der Waals surface area contributed by atoms with E-state index in [1.165, 1.54) is 24.3 Å². The number of amides is 2. The number of ether oxygens (including phenoxy) is 2. The molecule has 1 aliphatic rings. The number of rotatable bonds is 12. The van der Waals surface area contributed by atoms with E-state index in [9.17, 15) is 34.2 Å². The summed E-state index contributed by atoms with van der Waals surface area (Å²) < 4.78 is 10.5. The molecule has 1 unspecified atom stereocenters. The first-order valence-corrected chi connectivity index (χ1v) is 15.2. The fourth-order valence-electron chi connectivity index (χ4n) is 4.79. The van der Waals surface area contributed by atoms with Gasteiger partial charge in [-0.15, -0.1) is 0 Å². The van der Waals surface area contributed by atoms with E-state index in [1.807, 2.05) is 19.0 Å². The van der Waals surface area contributed by atoms with Gasteiger partial charge in [-0.3, -0.25) is 19.2 Å². The number of nitrogens with zero attached hydrogens (tertiary/aromatic N) is 1. The number of phenols is 2. The zero-order valence-corrected chi connectivity index (χ0v) is 28.1. The van der Waals surface area contributed by atoms with Gasteiger partial charge in [-0.25, -0.2) is 4.79 Å². The van der Waals surface area contributed by atoms with Gasteiger partial charge in [-0.2, -0.15) is 0 Å². The second-order valence-corrected chi connectivity index (χ2v) is 13.4. The molecule has 2 amide bonds. The number of benzene rings is 2. The molecule has 1 atom stereocenters. The van der Waals surface area contributed by atoms with E-state index in [0.717, 1.165) is 0 Å². The van der Waals surface area contributed by atoms with E-state index in [2.05, 4.69) is 21.3 Å². The third-order valence-corrected chi connectivity index (χ3v) is 6.69. The predicted octanol–water partition coefficient (Wildman–Crippen LogP) is 3.00. The lowest BCUT2D eigenvalue weighted by Gasteiger charge is -2.25. The van der Waals surface area contributed by atoms with Crippen LogP contribution in [-0.4, -0.2) is 102 Å². The molecule has 14 nitrogen and oxygen atoms in total. The number of anilines is 2. The van der Waals surface area contributed by atoms with Crippen LogP contribution in [0.25, 0.3) is 0 Å². The Kier molecular flexibility index (Phi) is 11.5. The molecule has 256 valence electrons. The molecule has 2 aromatic rings. The van der Waals surface area contributed by atoms with Crippen molar-refractivity contribution in [3.05, 3.63) is 46.5 Å². The molecular weight excluding hydrogens is 610 g/mol. The van der Waals surface area contributed by atoms with Gasteiger partial charge in [-0.1, -0.05) is 0 Å². The number of hydrogen-bond acceptors (Lipinski definition) is 12. The number of likely N-dealkylation sites (N-methyl/N-ethyl adjacent to an activating group) is 1. The summed E-state index contributed by atoms with van der Waals surface area (Å²) in [5, 5.41) is 32.5. The van der Waals surface area contributed by atoms with Crippen molar-refractivity contribution in [1.82, 2.24) is 15.5 Å². The highest BCUT2D eigenvalue weighted by Gasteiger charge is 2.38. The Morgan fingerprint density at radius 2 is 1.23 bits per heavy atom. The fraction of sp³-hybridized carbons (Fsp3) is 0.485. The zero-order valence-electron chi connectivity index (χ0n) is 28.1. The van der Waals surface area contributed by atoms with E-state index >= 15 is 0 Å². The number of ketones is 2. The van der Waals surface area contributed by atoms with Gasteiger partial charge in [0.2, 0.25) is 17.5 Å². The van der Waals surface area contributed by atoms with Crippen LogP contribution in [0.3, 0.4) is 0 Å². The highest BCUT2D eigenvalue weighted by atomic mass is 16.6. The van der Waals surface area contributed by atoms with Crippen molar-refractivity contribution >= 4 is 40.9 Å². The van der Waals surface area contributed by atoms with Gasteiger partial charge in [-0.05, 0) is 79.9 Å². The molecule has 6 N–H and O–H groups in total. The van der Waals surface area contributed by atoms with Crippen LogP contribution < -0.4 is 21.3 Å². The highest BCUT2D eigenvalue weighted by molar-refractivity contribution is 6.33. The maximum atomic E-state index is 13.8. The summed E-state index contributed by atoms with van der Waals surface area (Å²) in [6.07, 6.45) is -1.34. The molecule has 0 aliphatic heterocycles. The minimum absolute atomic E-state index is 0.0286. The SMILES string of the molecule is CN(C)CCNc1ccc(O)c2c1C(=O)c1c(O)ccc(NCCNC(=O)C(CC(=O)OC(C)(C)C)NC(=O)OC(C)(C)C)c1C2=O. The number of carbonyl (C=O) groups is 5. The molecule has 3 rings (SSSR count). The van der Waals surface area contributed by atoms with Crippen molar-refractivity contribution in [2.45, 2.75) is 65.2 Å². The normalized spacial score (nSPS) is 13.3. The summed E-state index contributed by atoms with van der Waals surface area (Å²) in [6.45, 7) is 11.1. The molecule has 2 aromatic carbocycles. The number of esters is 1. The van der Waals surface area contributed by atoms with Crippen molar-refractivity contribution in [2.75, 3.05) is 50.9 Å². The number of fused-ring (bicyclic) bond motifs is 2. The van der Waals surface area contributed by atoms with E-state index in [1.54, 1.807) is 41.5 Å². The van der Waals surface area contributed by atoms with Gasteiger partial charge in [0, 0.05) is 37.6 Å². The van der Waals surface area contributed by atoms with E-state index < -0.39 is 59.0 Å². The number of carbonyl (C=O) groups excluding carboxylic acids is 5. The molecular formula is C33H45N5O9. The molecule has 0 fully saturated rings. The first-order valence-electron chi connectivity index (χ1n) is 15.2. The lowest BCUT2D eigenvalue weighted by Crippen LogP contribution is -2.50. The van der Waals surface area contributed by atoms with Gasteiger partial charge >= 0.3 is 12.1 Å². The molecule has 1 aliphatic carbocycles. The van der Waals surface area contributed by atoms with Gasteiger partial charge < -0.3 is 45.9 Å². The molecule has 0 radical (unpaired) electrons. The maximum Gasteiger partial charge on any atom is 0.408 e. The molecule has 0 bridgehead atoms. The molecule has 0 heterocycles. The Bertz CT molecular complexity index is 1510. The van der Waals surface area contributed by atoms with Crippen LogP contribution in [0.15, 0.2) is 24.3 Å². The second-order valence-electron chi connectivity index (χ2n) is 13.4. The molecule has 0 spiro atoms. The summed E-state index contributed by atoms with van der Waals surface area (Å²) in [5.41, 5.74) is -1.65. The van der Waals surface area contributed by atoms with Crippen molar-refractivity contribution < 1.29 is 43.7 Å². The Balaban J connectivity index is 1.77. The second kappa shape index (κ2) is 14.7. The van der Waals surface area contributed by atoms with Gasteiger partial charge in [0.1, 0.15) is 28.7 Å². The largest absolute Gasteiger partial charge is 0.507 e. The molecule has 14 heteroatoms. The summed E-state index contributed by atoms with van der Waals surface area (Å²) in [7, 11) is 3.78. The third kappa shape index (κ3) is 9.82. The minimum atomic E-state index is -1.31. The fourth-order valence-corrected chi connectivity index (χ4v) is 4.79. The van der Waals surface area contributed by atoms with Crippen LogP contribution in [0.2, 0.25) is 0 Å². The number of aromatic hydroxyl groups is 2. The first kappa shape index (κ1) is 36.6. The Labute approximate surface area is 274 Å². The quantitative estimate of drug-likeness (QED) is 0.0950. The summed E-state index contributed by atoms with van der Waals surface area (Å²) in [4.78, 5) is 67.3. The van der Waals surface area contributed by atoms with Crippen LogP contribution in [0.5, 0.6) is 11.5 Å². The average molecular weight is 656 g/mol. The molecule has 0 aromatic heterocycles. The molecule has 0 saturated heterocycles. The van der Waals surface area contributed by atoms with E-state index in [-0.39, 0.29) is 46.8 Å². The van der Waals surface area contributed by atoms with Crippen molar-refractivity contribution in [2.24, 2.45) is 0 Å². The topological polar surface area (TPSA) is 196 Å². The van der Waals surface area contributed by atoms with Crippen LogP contribution in [0.4, 0.5) is 16.2 Å². The summed E-state index contributed by atoms with van der Waals surface area (Å²) >= 11 is 0. The van der Waals surface area contributed by atoms with Crippen molar-refractivity contribution in [3.8, 4) is 11.5 Å².